The van der Waals surface area contributed by atoms with Crippen molar-refractivity contribution in [2.45, 2.75) is 38.1 Å². The lowest BCUT2D eigenvalue weighted by Gasteiger charge is -2.46. The first-order valence-corrected chi connectivity index (χ1v) is 7.96. The van der Waals surface area contributed by atoms with Crippen LogP contribution >= 0.6 is 0 Å². The standard InChI is InChI=1S/C17H23N3O2/c1-19(16(22)13-6-3-4-11-18-13)12-17-9-5-7-14(17)20(2)15(21)8-10-17/h3-4,6,11,14H,5,7-10,12H2,1-2H3/t14-,17+/m1/s1. The number of fused-ring (bicyclic) bond motifs is 1. The highest BCUT2D eigenvalue weighted by Crippen LogP contribution is 2.48. The molecule has 2 amide bonds. The third kappa shape index (κ3) is 2.49. The van der Waals surface area contributed by atoms with Gasteiger partial charge in [-0.2, -0.15) is 0 Å². The zero-order valence-corrected chi connectivity index (χ0v) is 13.3. The van der Waals surface area contributed by atoms with Gasteiger partial charge in [-0.3, -0.25) is 14.6 Å². The van der Waals surface area contributed by atoms with Crippen LogP contribution in [0.25, 0.3) is 0 Å². The Balaban J connectivity index is 1.76. The number of carbonyl (C=O) groups is 2. The van der Waals surface area contributed by atoms with E-state index >= 15 is 0 Å². The highest BCUT2D eigenvalue weighted by Gasteiger charge is 2.49. The van der Waals surface area contributed by atoms with Crippen LogP contribution in [0.4, 0.5) is 0 Å². The molecular weight excluding hydrogens is 278 g/mol. The summed E-state index contributed by atoms with van der Waals surface area (Å²) in [6, 6.07) is 5.66. The zero-order valence-electron chi connectivity index (χ0n) is 13.3. The maximum atomic E-state index is 12.5. The van der Waals surface area contributed by atoms with Gasteiger partial charge in [-0.05, 0) is 31.4 Å². The van der Waals surface area contributed by atoms with E-state index < -0.39 is 0 Å². The molecule has 2 atom stereocenters. The van der Waals surface area contributed by atoms with Crippen LogP contribution in [0.2, 0.25) is 0 Å². The van der Waals surface area contributed by atoms with Crippen molar-refractivity contribution in [3.8, 4) is 0 Å². The zero-order chi connectivity index (χ0) is 15.7. The Morgan fingerprint density at radius 3 is 3.00 bits per heavy atom. The molecule has 0 radical (unpaired) electrons. The third-order valence-electron chi connectivity index (χ3n) is 5.34. The lowest BCUT2D eigenvalue weighted by molar-refractivity contribution is -0.140. The summed E-state index contributed by atoms with van der Waals surface area (Å²) in [4.78, 5) is 32.3. The van der Waals surface area contributed by atoms with Gasteiger partial charge < -0.3 is 9.80 Å². The van der Waals surface area contributed by atoms with Crippen LogP contribution in [0.5, 0.6) is 0 Å². The van der Waals surface area contributed by atoms with Crippen LogP contribution in [0.3, 0.4) is 0 Å². The fraction of sp³-hybridized carbons (Fsp3) is 0.588. The van der Waals surface area contributed by atoms with E-state index in [1.807, 2.05) is 31.1 Å². The van der Waals surface area contributed by atoms with Crippen LogP contribution in [-0.2, 0) is 4.79 Å². The molecule has 1 saturated carbocycles. The minimum atomic E-state index is -0.0415. The number of pyridine rings is 1. The summed E-state index contributed by atoms with van der Waals surface area (Å²) in [5, 5.41) is 0. The second-order valence-corrected chi connectivity index (χ2v) is 6.65. The Labute approximate surface area is 131 Å². The van der Waals surface area contributed by atoms with Crippen molar-refractivity contribution in [1.82, 2.24) is 14.8 Å². The summed E-state index contributed by atoms with van der Waals surface area (Å²) < 4.78 is 0. The number of aromatic nitrogens is 1. The van der Waals surface area contributed by atoms with Crippen molar-refractivity contribution in [2.24, 2.45) is 5.41 Å². The Kier molecular flexibility index (Phi) is 3.89. The van der Waals surface area contributed by atoms with Gasteiger partial charge in [0.05, 0.1) is 0 Å². The molecule has 0 aromatic carbocycles. The van der Waals surface area contributed by atoms with Gasteiger partial charge in [0.15, 0.2) is 0 Å². The summed E-state index contributed by atoms with van der Waals surface area (Å²) in [6.07, 6.45) is 6.40. The van der Waals surface area contributed by atoms with Crippen molar-refractivity contribution in [3.63, 3.8) is 0 Å². The highest BCUT2D eigenvalue weighted by molar-refractivity contribution is 5.92. The summed E-state index contributed by atoms with van der Waals surface area (Å²) in [5.74, 6) is 0.196. The maximum Gasteiger partial charge on any atom is 0.272 e. The number of likely N-dealkylation sites (tertiary alicyclic amines) is 1. The van der Waals surface area contributed by atoms with Crippen LogP contribution in [0.15, 0.2) is 24.4 Å². The Bertz CT molecular complexity index is 575. The molecule has 2 fully saturated rings. The fourth-order valence-electron chi connectivity index (χ4n) is 4.21. The first kappa shape index (κ1) is 15.0. The number of piperidine rings is 1. The van der Waals surface area contributed by atoms with Crippen molar-refractivity contribution in [3.05, 3.63) is 30.1 Å². The van der Waals surface area contributed by atoms with Gasteiger partial charge in [-0.25, -0.2) is 0 Å². The minimum absolute atomic E-state index is 0.0415. The molecular formula is C17H23N3O2. The minimum Gasteiger partial charge on any atom is -0.342 e. The molecule has 3 rings (SSSR count). The number of hydrogen-bond donors (Lipinski definition) is 0. The Hall–Kier alpha value is -1.91. The van der Waals surface area contributed by atoms with Crippen LogP contribution in [-0.4, -0.2) is 53.3 Å². The quantitative estimate of drug-likeness (QED) is 0.857. The van der Waals surface area contributed by atoms with Crippen LogP contribution in [0, 0.1) is 5.41 Å². The summed E-state index contributed by atoms with van der Waals surface area (Å²) in [7, 11) is 3.75. The molecule has 2 aliphatic rings. The van der Waals surface area contributed by atoms with E-state index in [1.54, 1.807) is 17.2 Å². The molecule has 118 valence electrons. The highest BCUT2D eigenvalue weighted by atomic mass is 16.2. The maximum absolute atomic E-state index is 12.5. The van der Waals surface area contributed by atoms with Crippen molar-refractivity contribution < 1.29 is 9.59 Å². The average molecular weight is 301 g/mol. The van der Waals surface area contributed by atoms with Gasteiger partial charge in [0, 0.05) is 44.7 Å². The smallest absolute Gasteiger partial charge is 0.272 e. The number of hydrogen-bond acceptors (Lipinski definition) is 3. The number of rotatable bonds is 3. The van der Waals surface area contributed by atoms with E-state index in [0.29, 0.717) is 18.7 Å². The molecule has 0 N–H and O–H groups in total. The molecule has 1 saturated heterocycles. The predicted octanol–water partition coefficient (Wildman–Crippen LogP) is 1.94. The molecule has 0 unspecified atom stereocenters. The number of amides is 2. The number of nitrogens with zero attached hydrogens (tertiary/aromatic N) is 3. The second kappa shape index (κ2) is 5.71. The van der Waals surface area contributed by atoms with Gasteiger partial charge in [0.25, 0.3) is 5.91 Å². The number of carbonyl (C=O) groups excluding carboxylic acids is 2. The molecule has 2 heterocycles. The second-order valence-electron chi connectivity index (χ2n) is 6.65. The Morgan fingerprint density at radius 2 is 2.27 bits per heavy atom. The summed E-state index contributed by atoms with van der Waals surface area (Å²) in [6.45, 7) is 0.699. The van der Waals surface area contributed by atoms with Gasteiger partial charge >= 0.3 is 0 Å². The molecule has 5 nitrogen and oxygen atoms in total. The van der Waals surface area contributed by atoms with Crippen molar-refractivity contribution >= 4 is 11.8 Å². The summed E-state index contributed by atoms with van der Waals surface area (Å²) in [5.41, 5.74) is 0.540. The summed E-state index contributed by atoms with van der Waals surface area (Å²) >= 11 is 0. The third-order valence-corrected chi connectivity index (χ3v) is 5.34. The SMILES string of the molecule is CN(C[C@@]12CCC[C@H]1N(C)C(=O)CC2)C(=O)c1ccccn1. The van der Waals surface area contributed by atoms with Crippen LogP contribution in [0.1, 0.15) is 42.6 Å². The van der Waals surface area contributed by atoms with E-state index in [2.05, 4.69) is 4.98 Å². The molecule has 22 heavy (non-hydrogen) atoms. The fourth-order valence-corrected chi connectivity index (χ4v) is 4.21. The van der Waals surface area contributed by atoms with E-state index in [0.717, 1.165) is 25.7 Å². The molecule has 0 spiro atoms. The van der Waals surface area contributed by atoms with E-state index in [1.165, 1.54) is 0 Å². The molecule has 1 aromatic rings. The molecule has 1 aromatic heterocycles. The van der Waals surface area contributed by atoms with Gasteiger partial charge in [0.2, 0.25) is 5.91 Å². The predicted molar refractivity (Wildman–Crippen MR) is 83.3 cm³/mol. The average Bonchev–Trinajstić information content (AvgIpc) is 2.96. The van der Waals surface area contributed by atoms with Gasteiger partial charge in [0.1, 0.15) is 5.69 Å². The first-order chi connectivity index (χ1) is 10.5. The molecule has 1 aliphatic carbocycles. The topological polar surface area (TPSA) is 53.5 Å². The van der Waals surface area contributed by atoms with Crippen LogP contribution < -0.4 is 0 Å². The first-order valence-electron chi connectivity index (χ1n) is 7.96. The lowest BCUT2D eigenvalue weighted by Crippen LogP contribution is -2.54. The van der Waals surface area contributed by atoms with Gasteiger partial charge in [-0.15, -0.1) is 0 Å². The van der Waals surface area contributed by atoms with Crippen molar-refractivity contribution in [2.75, 3.05) is 20.6 Å². The monoisotopic (exact) mass is 301 g/mol. The van der Waals surface area contributed by atoms with E-state index in [9.17, 15) is 9.59 Å². The normalized spacial score (nSPS) is 27.6. The van der Waals surface area contributed by atoms with Crippen molar-refractivity contribution in [1.29, 1.82) is 0 Å². The van der Waals surface area contributed by atoms with E-state index in [-0.39, 0.29) is 23.3 Å². The molecule has 0 bridgehead atoms. The van der Waals surface area contributed by atoms with Gasteiger partial charge in [-0.1, -0.05) is 12.5 Å². The molecule has 5 heteroatoms. The lowest BCUT2D eigenvalue weighted by atomic mass is 9.74. The Morgan fingerprint density at radius 1 is 1.45 bits per heavy atom. The molecule has 1 aliphatic heterocycles. The largest absolute Gasteiger partial charge is 0.342 e. The van der Waals surface area contributed by atoms with E-state index in [4.69, 9.17) is 0 Å².